The number of allylic oxidation sites excluding steroid dienone is 1. The number of fused-ring (bicyclic) bond motifs is 9. The number of hydrogen-bond acceptors (Lipinski definition) is 1. The zero-order valence-corrected chi connectivity index (χ0v) is 22.8. The highest BCUT2D eigenvalue weighted by molar-refractivity contribution is 7.19. The van der Waals surface area contributed by atoms with Crippen molar-refractivity contribution in [3.8, 4) is 5.69 Å². The number of thiophene rings is 1. The molecule has 9 rings (SSSR count). The summed E-state index contributed by atoms with van der Waals surface area (Å²) >= 11 is 1.97. The smallest absolute Gasteiger partial charge is 0.0541 e. The van der Waals surface area contributed by atoms with Gasteiger partial charge in [0.05, 0.1) is 22.1 Å². The summed E-state index contributed by atoms with van der Waals surface area (Å²) in [5.74, 6) is 0. The third-order valence-corrected chi connectivity index (χ3v) is 9.89. The Morgan fingerprint density at radius 1 is 0.500 bits per heavy atom. The van der Waals surface area contributed by atoms with E-state index in [4.69, 9.17) is 0 Å². The number of benzene rings is 5. The van der Waals surface area contributed by atoms with Gasteiger partial charge in [-0.05, 0) is 73.4 Å². The monoisotopic (exact) mass is 530 g/mol. The van der Waals surface area contributed by atoms with Gasteiger partial charge >= 0.3 is 0 Å². The second-order valence-corrected chi connectivity index (χ2v) is 12.0. The molecule has 0 atom stereocenters. The molecule has 0 amide bonds. The van der Waals surface area contributed by atoms with Gasteiger partial charge in [0.2, 0.25) is 0 Å². The molecule has 3 aromatic heterocycles. The maximum Gasteiger partial charge on any atom is 0.0541 e. The minimum atomic E-state index is 1.07. The lowest BCUT2D eigenvalue weighted by atomic mass is 10.1. The molecule has 8 aromatic rings. The van der Waals surface area contributed by atoms with Gasteiger partial charge in [-0.2, -0.15) is 0 Å². The molecule has 2 nitrogen and oxygen atoms in total. The van der Waals surface area contributed by atoms with Crippen LogP contribution in [0.25, 0.3) is 71.2 Å². The molecule has 0 unspecified atom stereocenters. The van der Waals surface area contributed by atoms with Crippen molar-refractivity contribution < 1.29 is 0 Å². The van der Waals surface area contributed by atoms with Crippen LogP contribution < -0.4 is 0 Å². The third kappa shape index (κ3) is 3.10. The largest absolute Gasteiger partial charge is 0.313 e. The Morgan fingerprint density at radius 3 is 1.60 bits per heavy atom. The Labute approximate surface area is 236 Å². The normalized spacial score (nSPS) is 13.8. The van der Waals surface area contributed by atoms with Crippen LogP contribution >= 0.6 is 11.3 Å². The van der Waals surface area contributed by atoms with E-state index in [0.29, 0.717) is 0 Å². The zero-order chi connectivity index (χ0) is 26.2. The van der Waals surface area contributed by atoms with Gasteiger partial charge in [-0.3, -0.25) is 0 Å². The van der Waals surface area contributed by atoms with Crippen LogP contribution in [0.15, 0.2) is 115 Å². The van der Waals surface area contributed by atoms with Crippen LogP contribution in [0.4, 0.5) is 0 Å². The van der Waals surface area contributed by atoms with Crippen LogP contribution in [0.1, 0.15) is 23.3 Å². The summed E-state index contributed by atoms with van der Waals surface area (Å²) in [6, 6.07) is 42.3. The predicted molar refractivity (Wildman–Crippen MR) is 173 cm³/mol. The first-order valence-corrected chi connectivity index (χ1v) is 14.9. The Morgan fingerprint density at radius 2 is 1.02 bits per heavy atom. The molecule has 0 N–H and O–H groups in total. The summed E-state index contributed by atoms with van der Waals surface area (Å²) < 4.78 is 6.32. The van der Waals surface area contributed by atoms with Crippen LogP contribution in [0.5, 0.6) is 0 Å². The lowest BCUT2D eigenvalue weighted by molar-refractivity contribution is 0.850. The molecular formula is C37H26N2S. The molecule has 3 heterocycles. The summed E-state index contributed by atoms with van der Waals surface area (Å²) in [7, 11) is 0. The molecule has 5 aromatic carbocycles. The number of hydrogen-bond donors (Lipinski definition) is 0. The minimum Gasteiger partial charge on any atom is -0.313 e. The second-order valence-electron chi connectivity index (χ2n) is 10.8. The topological polar surface area (TPSA) is 9.86 Å². The van der Waals surface area contributed by atoms with Crippen molar-refractivity contribution in [3.05, 3.63) is 126 Å². The molecule has 0 radical (unpaired) electrons. The Hall–Kier alpha value is -4.60. The quantitative estimate of drug-likeness (QED) is 0.210. The zero-order valence-electron chi connectivity index (χ0n) is 22.0. The predicted octanol–water partition coefficient (Wildman–Crippen LogP) is 10.4. The van der Waals surface area contributed by atoms with Crippen molar-refractivity contribution in [3.63, 3.8) is 0 Å². The number of nitrogens with zero attached hydrogens (tertiary/aromatic N) is 2. The number of para-hydroxylation sites is 4. The highest BCUT2D eigenvalue weighted by Crippen LogP contribution is 2.42. The molecule has 0 aliphatic heterocycles. The van der Waals surface area contributed by atoms with Crippen LogP contribution in [-0.4, -0.2) is 9.13 Å². The van der Waals surface area contributed by atoms with E-state index in [2.05, 4.69) is 130 Å². The molecule has 0 spiro atoms. The maximum atomic E-state index is 2.51. The summed E-state index contributed by atoms with van der Waals surface area (Å²) in [6.45, 7) is 0. The number of aromatic nitrogens is 2. The van der Waals surface area contributed by atoms with Crippen LogP contribution in [0, 0.1) is 0 Å². The summed E-state index contributed by atoms with van der Waals surface area (Å²) in [6.07, 6.45) is 5.84. The molecular weight excluding hydrogens is 504 g/mol. The summed E-state index contributed by atoms with van der Waals surface area (Å²) in [4.78, 5) is 1.50. The lowest BCUT2D eigenvalue weighted by Crippen LogP contribution is -1.96. The molecule has 0 saturated heterocycles. The fraction of sp³-hybridized carbons (Fsp3) is 0.0811. The Kier molecular flexibility index (Phi) is 4.70. The fourth-order valence-electron chi connectivity index (χ4n) is 6.92. The van der Waals surface area contributed by atoms with Gasteiger partial charge in [-0.1, -0.05) is 72.8 Å². The van der Waals surface area contributed by atoms with Gasteiger partial charge in [-0.15, -0.1) is 11.3 Å². The van der Waals surface area contributed by atoms with Crippen molar-refractivity contribution in [2.45, 2.75) is 19.3 Å². The van der Waals surface area contributed by atoms with Crippen molar-refractivity contribution in [1.29, 1.82) is 0 Å². The van der Waals surface area contributed by atoms with E-state index >= 15 is 0 Å². The van der Waals surface area contributed by atoms with Gasteiger partial charge in [0.1, 0.15) is 0 Å². The molecule has 1 aliphatic rings. The number of rotatable bonds is 2. The van der Waals surface area contributed by atoms with E-state index in [9.17, 15) is 0 Å². The fourth-order valence-corrected chi connectivity index (χ4v) is 8.12. The van der Waals surface area contributed by atoms with Crippen molar-refractivity contribution in [2.24, 2.45) is 0 Å². The van der Waals surface area contributed by atoms with E-state index < -0.39 is 0 Å². The standard InChI is InChI=1S/C37H26N2S/c1-5-15-32-26(11-1)27-12-2-6-16-33(27)38(32)24-10-9-19-36-30(22-24)31-23-25(20-21-37(31)40-36)39-34-17-7-3-13-28(34)29-14-4-8-18-35(29)39/h1-8,11-18,20-23H,9-10,19H2. The van der Waals surface area contributed by atoms with E-state index in [1.54, 1.807) is 0 Å². The Bertz CT molecular complexity index is 2200. The Balaban J connectivity index is 1.30. The van der Waals surface area contributed by atoms with Crippen LogP contribution in [0.2, 0.25) is 0 Å². The molecule has 0 saturated carbocycles. The highest BCUT2D eigenvalue weighted by atomic mass is 32.1. The minimum absolute atomic E-state index is 1.07. The molecule has 40 heavy (non-hydrogen) atoms. The average molecular weight is 531 g/mol. The molecule has 1 aliphatic carbocycles. The van der Waals surface area contributed by atoms with Crippen LogP contribution in [-0.2, 0) is 6.42 Å². The van der Waals surface area contributed by atoms with E-state index in [1.807, 2.05) is 11.3 Å². The maximum absolute atomic E-state index is 2.51. The highest BCUT2D eigenvalue weighted by Gasteiger charge is 2.20. The van der Waals surface area contributed by atoms with Gasteiger partial charge in [0.25, 0.3) is 0 Å². The van der Waals surface area contributed by atoms with Gasteiger partial charge in [-0.25, -0.2) is 0 Å². The van der Waals surface area contributed by atoms with Gasteiger partial charge in [0, 0.05) is 47.9 Å². The van der Waals surface area contributed by atoms with Gasteiger partial charge in [0.15, 0.2) is 0 Å². The molecule has 3 heteroatoms. The van der Waals surface area contributed by atoms with Gasteiger partial charge < -0.3 is 9.13 Å². The SMILES string of the molecule is C1=C(n2c3ccccc3c3ccccc32)CCCc2sc3ccc(-n4c5ccccc5c5ccccc54)cc3c21. The van der Waals surface area contributed by atoms with Crippen molar-refractivity contribution >= 4 is 76.8 Å². The summed E-state index contributed by atoms with van der Waals surface area (Å²) in [5.41, 5.74) is 9.11. The van der Waals surface area contributed by atoms with E-state index in [-0.39, 0.29) is 0 Å². The third-order valence-electron chi connectivity index (χ3n) is 8.64. The van der Waals surface area contributed by atoms with Crippen LogP contribution in [0.3, 0.4) is 0 Å². The first-order valence-electron chi connectivity index (χ1n) is 14.1. The first kappa shape index (κ1) is 22.2. The molecule has 190 valence electrons. The van der Waals surface area contributed by atoms with Crippen molar-refractivity contribution in [2.75, 3.05) is 0 Å². The molecule has 0 fully saturated rings. The van der Waals surface area contributed by atoms with Crippen molar-refractivity contribution in [1.82, 2.24) is 9.13 Å². The molecule has 0 bridgehead atoms. The average Bonchev–Trinajstić information content (AvgIpc) is 3.59. The lowest BCUT2D eigenvalue weighted by Gasteiger charge is -2.12. The summed E-state index contributed by atoms with van der Waals surface area (Å²) in [5, 5.41) is 6.62. The second kappa shape index (κ2) is 8.45. The van der Waals surface area contributed by atoms with E-state index in [0.717, 1.165) is 19.3 Å². The number of aryl methyl sites for hydroxylation is 1. The van der Waals surface area contributed by atoms with E-state index in [1.165, 1.54) is 75.5 Å². The first-order chi connectivity index (χ1) is 19.8.